The zero-order valence-corrected chi connectivity index (χ0v) is 13.6. The highest BCUT2D eigenvalue weighted by Crippen LogP contribution is 2.12. The molecule has 3 heteroatoms. The van der Waals surface area contributed by atoms with E-state index in [2.05, 4.69) is 65.7 Å². The van der Waals surface area contributed by atoms with Crippen LogP contribution in [0.3, 0.4) is 0 Å². The van der Waals surface area contributed by atoms with Crippen molar-refractivity contribution in [2.24, 2.45) is 0 Å². The Bertz CT molecular complexity index is 600. The summed E-state index contributed by atoms with van der Waals surface area (Å²) in [6, 6.07) is 16.6. The Balaban J connectivity index is 1.76. The van der Waals surface area contributed by atoms with Crippen LogP contribution in [0.25, 0.3) is 0 Å². The molecule has 0 aliphatic rings. The van der Waals surface area contributed by atoms with Crippen molar-refractivity contribution >= 4 is 11.6 Å². The van der Waals surface area contributed by atoms with Crippen LogP contribution < -0.4 is 10.2 Å². The van der Waals surface area contributed by atoms with E-state index in [1.165, 1.54) is 11.1 Å². The largest absolute Gasteiger partial charge is 0.378 e. The fourth-order valence-corrected chi connectivity index (χ4v) is 2.21. The van der Waals surface area contributed by atoms with Crippen LogP contribution in [0.4, 0.5) is 5.69 Å². The Morgan fingerprint density at radius 1 is 0.955 bits per heavy atom. The number of carbonyl (C=O) groups is 1. The normalized spacial score (nSPS) is 10.3. The van der Waals surface area contributed by atoms with Crippen molar-refractivity contribution in [1.29, 1.82) is 0 Å². The lowest BCUT2D eigenvalue weighted by Gasteiger charge is -2.13. The quantitative estimate of drug-likeness (QED) is 0.887. The molecule has 2 aromatic rings. The average Bonchev–Trinajstić information content (AvgIpc) is 2.52. The second-order valence-corrected chi connectivity index (χ2v) is 5.82. The van der Waals surface area contributed by atoms with E-state index in [0.717, 1.165) is 17.7 Å². The third-order valence-corrected chi connectivity index (χ3v) is 3.70. The molecule has 0 heterocycles. The average molecular weight is 296 g/mol. The molecule has 116 valence electrons. The van der Waals surface area contributed by atoms with Gasteiger partial charge in [0.05, 0.1) is 0 Å². The minimum atomic E-state index is 0.0947. The molecule has 0 saturated heterocycles. The second-order valence-electron chi connectivity index (χ2n) is 5.82. The number of aryl methyl sites for hydroxylation is 2. The molecule has 0 radical (unpaired) electrons. The van der Waals surface area contributed by atoms with Gasteiger partial charge in [0.1, 0.15) is 0 Å². The van der Waals surface area contributed by atoms with E-state index in [9.17, 15) is 4.79 Å². The molecule has 1 N–H and O–H groups in total. The molecular formula is C19H24N2O. The molecule has 0 fully saturated rings. The van der Waals surface area contributed by atoms with Crippen LogP contribution in [-0.2, 0) is 17.8 Å². The van der Waals surface area contributed by atoms with Gasteiger partial charge in [0.2, 0.25) is 5.91 Å². The first kappa shape index (κ1) is 16.1. The molecule has 0 aliphatic heterocycles. The molecule has 0 unspecified atom stereocenters. The highest BCUT2D eigenvalue weighted by Gasteiger charge is 2.03. The van der Waals surface area contributed by atoms with E-state index in [4.69, 9.17) is 0 Å². The molecule has 2 rings (SSSR count). The molecule has 0 aliphatic carbocycles. The molecule has 22 heavy (non-hydrogen) atoms. The summed E-state index contributed by atoms with van der Waals surface area (Å²) in [6.07, 6.45) is 1.31. The van der Waals surface area contributed by atoms with Gasteiger partial charge in [-0.2, -0.15) is 0 Å². The van der Waals surface area contributed by atoms with E-state index in [1.807, 2.05) is 14.1 Å². The number of anilines is 1. The van der Waals surface area contributed by atoms with Crippen molar-refractivity contribution < 1.29 is 4.79 Å². The zero-order chi connectivity index (χ0) is 15.9. The molecule has 0 spiro atoms. The maximum Gasteiger partial charge on any atom is 0.220 e. The molecule has 0 bridgehead atoms. The van der Waals surface area contributed by atoms with Crippen molar-refractivity contribution in [3.63, 3.8) is 0 Å². The summed E-state index contributed by atoms with van der Waals surface area (Å²) < 4.78 is 0. The Morgan fingerprint density at radius 3 is 2.14 bits per heavy atom. The van der Waals surface area contributed by atoms with Crippen molar-refractivity contribution in [3.05, 3.63) is 65.2 Å². The lowest BCUT2D eigenvalue weighted by atomic mass is 10.1. The van der Waals surface area contributed by atoms with Crippen LogP contribution in [0.15, 0.2) is 48.5 Å². The summed E-state index contributed by atoms with van der Waals surface area (Å²) in [7, 11) is 4.03. The lowest BCUT2D eigenvalue weighted by Crippen LogP contribution is -2.23. The van der Waals surface area contributed by atoms with Crippen LogP contribution in [0.2, 0.25) is 0 Å². The van der Waals surface area contributed by atoms with E-state index >= 15 is 0 Å². The highest BCUT2D eigenvalue weighted by molar-refractivity contribution is 5.76. The highest BCUT2D eigenvalue weighted by atomic mass is 16.1. The number of nitrogens with one attached hydrogen (secondary N) is 1. The van der Waals surface area contributed by atoms with Gasteiger partial charge in [-0.25, -0.2) is 0 Å². The van der Waals surface area contributed by atoms with Gasteiger partial charge in [-0.1, -0.05) is 42.0 Å². The van der Waals surface area contributed by atoms with Crippen LogP contribution in [0.1, 0.15) is 23.1 Å². The summed E-state index contributed by atoms with van der Waals surface area (Å²) in [5.41, 5.74) is 4.73. The second kappa shape index (κ2) is 7.64. The SMILES string of the molecule is Cc1ccc(CCC(=O)NCc2ccc(N(C)C)cc2)cc1. The Morgan fingerprint density at radius 2 is 1.55 bits per heavy atom. The Hall–Kier alpha value is -2.29. The fourth-order valence-electron chi connectivity index (χ4n) is 2.21. The number of nitrogens with zero attached hydrogens (tertiary/aromatic N) is 1. The predicted molar refractivity (Wildman–Crippen MR) is 92.1 cm³/mol. The lowest BCUT2D eigenvalue weighted by molar-refractivity contribution is -0.121. The summed E-state index contributed by atoms with van der Waals surface area (Å²) in [5.74, 6) is 0.0947. The van der Waals surface area contributed by atoms with Crippen LogP contribution >= 0.6 is 0 Å². The first-order valence-electron chi connectivity index (χ1n) is 7.63. The van der Waals surface area contributed by atoms with Gasteiger partial charge < -0.3 is 10.2 Å². The number of carbonyl (C=O) groups excluding carboxylic acids is 1. The molecule has 1 amide bonds. The standard InChI is InChI=1S/C19H24N2O/c1-15-4-6-16(7-5-15)10-13-19(22)20-14-17-8-11-18(12-9-17)21(2)3/h4-9,11-12H,10,13-14H2,1-3H3,(H,20,22). The van der Waals surface area contributed by atoms with Crippen molar-refractivity contribution in [2.75, 3.05) is 19.0 Å². The third kappa shape index (κ3) is 4.92. The third-order valence-electron chi connectivity index (χ3n) is 3.70. The molecular weight excluding hydrogens is 272 g/mol. The summed E-state index contributed by atoms with van der Waals surface area (Å²) in [5, 5.41) is 2.98. The topological polar surface area (TPSA) is 32.3 Å². The summed E-state index contributed by atoms with van der Waals surface area (Å²) in [4.78, 5) is 14.0. The predicted octanol–water partition coefficient (Wildman–Crippen LogP) is 3.31. The monoisotopic (exact) mass is 296 g/mol. The molecule has 2 aromatic carbocycles. The van der Waals surface area contributed by atoms with Crippen molar-refractivity contribution in [2.45, 2.75) is 26.3 Å². The van der Waals surface area contributed by atoms with E-state index in [1.54, 1.807) is 0 Å². The molecule has 0 atom stereocenters. The zero-order valence-electron chi connectivity index (χ0n) is 13.6. The first-order chi connectivity index (χ1) is 10.5. The minimum absolute atomic E-state index is 0.0947. The fraction of sp³-hybridized carbons (Fsp3) is 0.316. The first-order valence-corrected chi connectivity index (χ1v) is 7.63. The Kier molecular flexibility index (Phi) is 5.59. The molecule has 0 aromatic heterocycles. The van der Waals surface area contributed by atoms with Gasteiger partial charge in [0, 0.05) is 32.7 Å². The number of rotatable bonds is 6. The van der Waals surface area contributed by atoms with Gasteiger partial charge in [-0.15, -0.1) is 0 Å². The smallest absolute Gasteiger partial charge is 0.220 e. The maximum atomic E-state index is 11.9. The van der Waals surface area contributed by atoms with Gasteiger partial charge in [0.25, 0.3) is 0 Å². The van der Waals surface area contributed by atoms with Crippen LogP contribution in [0.5, 0.6) is 0 Å². The number of hydrogen-bond acceptors (Lipinski definition) is 2. The number of benzene rings is 2. The maximum absolute atomic E-state index is 11.9. The summed E-state index contributed by atoms with van der Waals surface area (Å²) >= 11 is 0. The van der Waals surface area contributed by atoms with E-state index < -0.39 is 0 Å². The number of hydrogen-bond donors (Lipinski definition) is 1. The molecule has 3 nitrogen and oxygen atoms in total. The van der Waals surface area contributed by atoms with Crippen LogP contribution in [-0.4, -0.2) is 20.0 Å². The van der Waals surface area contributed by atoms with Gasteiger partial charge >= 0.3 is 0 Å². The van der Waals surface area contributed by atoms with Crippen molar-refractivity contribution in [1.82, 2.24) is 5.32 Å². The van der Waals surface area contributed by atoms with Crippen molar-refractivity contribution in [3.8, 4) is 0 Å². The minimum Gasteiger partial charge on any atom is -0.378 e. The summed E-state index contributed by atoms with van der Waals surface area (Å²) in [6.45, 7) is 2.65. The van der Waals surface area contributed by atoms with E-state index in [-0.39, 0.29) is 5.91 Å². The van der Waals surface area contributed by atoms with Gasteiger partial charge in [-0.05, 0) is 36.6 Å². The Labute approximate surface area is 133 Å². The van der Waals surface area contributed by atoms with E-state index in [0.29, 0.717) is 13.0 Å². The molecule has 0 saturated carbocycles. The number of amides is 1. The van der Waals surface area contributed by atoms with Gasteiger partial charge in [-0.3, -0.25) is 4.79 Å². The van der Waals surface area contributed by atoms with Gasteiger partial charge in [0.15, 0.2) is 0 Å². The van der Waals surface area contributed by atoms with Crippen LogP contribution in [0, 0.1) is 6.92 Å².